The Kier molecular flexibility index (Phi) is 36.6. The molecule has 8 unspecified atom stereocenters. The minimum absolute atomic E-state index is 0.0235. The van der Waals surface area contributed by atoms with E-state index in [-0.39, 0.29) is 116 Å². The van der Waals surface area contributed by atoms with E-state index in [0.717, 1.165) is 150 Å². The quantitative estimate of drug-likeness (QED) is 0.00789. The summed E-state index contributed by atoms with van der Waals surface area (Å²) in [6.07, 6.45) is 4.85. The van der Waals surface area contributed by atoms with Gasteiger partial charge < -0.3 is 42.4 Å². The monoisotopic (exact) mass is 2290 g/mol. The lowest BCUT2D eigenvalue weighted by Gasteiger charge is -2.73. The Hall–Kier alpha value is -6.23. The average Bonchev–Trinajstić information content (AvgIpc) is 0.688. The third-order valence-electron chi connectivity index (χ3n) is 34.4. The Labute approximate surface area is 879 Å². The highest BCUT2D eigenvalue weighted by atomic mass is 127. The van der Waals surface area contributed by atoms with E-state index in [4.69, 9.17) is 18.9 Å². The zero-order chi connectivity index (χ0) is 109. The second-order valence-corrected chi connectivity index (χ2v) is 57.0. The fourth-order valence-corrected chi connectivity index (χ4v) is 37.2. The molecule has 4 aromatic carbocycles. The van der Waals surface area contributed by atoms with Gasteiger partial charge in [0, 0.05) is 65.4 Å². The number of ketones is 1. The van der Waals surface area contributed by atoms with Crippen LogP contribution in [0.3, 0.4) is 0 Å². The van der Waals surface area contributed by atoms with Crippen molar-refractivity contribution in [2.45, 2.75) is 318 Å². The van der Waals surface area contributed by atoms with Crippen molar-refractivity contribution >= 4 is 67.5 Å². The second-order valence-electron chi connectivity index (χ2n) is 47.9. The van der Waals surface area contributed by atoms with Gasteiger partial charge in [-0.15, -0.1) is 0 Å². The van der Waals surface area contributed by atoms with Gasteiger partial charge in [0.25, 0.3) is 17.9 Å². The van der Waals surface area contributed by atoms with Crippen molar-refractivity contribution < 1.29 is 175 Å². The molecule has 0 radical (unpaired) electrons. The summed E-state index contributed by atoms with van der Waals surface area (Å²) in [7, 11) is -4.60. The first kappa shape index (κ1) is 118. The standard InChI is InChI=1S/C20H25F7O8S.C19H25F3O2.C17H25O3S.C15H19F5O2.C14H20F2O2.C14H21S.C12H10I/c1-2-33-15(29)18(19(23,24)25,34-4-3-17(21,22)20(26,27)36(30,31)32)35-14(28)16-8-11-5-12(9-16)7-13(6-11)10-16;1-18(21,22)16(20)8-24-17(23)19-7-10-3-12-11-2-9(5-14(12)19)6-15(19)13(11)4-10;1-17(2,3)16(21-11-9-20-10-12-21)15(18)13-5-7-14(19-4)8-6-13;1-13(16,17)11(15(18,19)20)22-12(21)14-5-8-2-9(6-14)4-10(3-8)7-14;1-13(15,16)12(17)18-8-14-5-9-2-10(6-14)4-11(3-9)7-14;1-14(2,3)12-6-8-13(9-7-12)15-10-4-5-11-15;1-3-7-11(8-4-1)13-12-9-5-2-6-10-12/h11-13H,2-10H2,1H3,(H,30,31,32);9-16H,2-8H2,1H3;5-8,16H,9-12H2,1-4H3;8-11H,2-7H2,1H3;9-11H,2-8H2,1H3;6-9H,4-5,10-11H2,1-3H3;1-10H/q;;+1;;;2*+1/p-1. The molecular weight excluding hydrogens is 2150 g/mol. The summed E-state index contributed by atoms with van der Waals surface area (Å²) in [5.74, 6) is -14.4. The second kappa shape index (κ2) is 46.1. The van der Waals surface area contributed by atoms with Gasteiger partial charge in [0.15, 0.2) is 33.6 Å². The number of hydrogen-bond acceptors (Lipinski definition) is 17. The zero-order valence-electron chi connectivity index (χ0n) is 86.5. The van der Waals surface area contributed by atoms with Crippen LogP contribution in [-0.4, -0.2) is 183 Å². The van der Waals surface area contributed by atoms with E-state index < -0.39 is 136 Å². The smallest absolute Gasteiger partial charge is 0.468 e. The van der Waals surface area contributed by atoms with Crippen molar-refractivity contribution in [3.05, 3.63) is 127 Å². The molecule has 149 heavy (non-hydrogen) atoms. The van der Waals surface area contributed by atoms with Gasteiger partial charge in [0.2, 0.25) is 5.78 Å². The molecule has 0 N–H and O–H groups in total. The first-order valence-corrected chi connectivity index (χ1v) is 59.3. The molecule has 20 bridgehead atoms. The van der Waals surface area contributed by atoms with E-state index in [1.54, 1.807) is 12.0 Å². The van der Waals surface area contributed by atoms with Crippen LogP contribution in [0.5, 0.6) is 5.75 Å². The van der Waals surface area contributed by atoms with Crippen LogP contribution in [0.4, 0.5) is 74.6 Å². The molecule has 17 nitrogen and oxygen atoms in total. The molecule has 25 rings (SSSR count). The normalized spacial score (nSPS) is 31.7. The van der Waals surface area contributed by atoms with Crippen LogP contribution in [0.25, 0.3) is 0 Å². The number of hydrogen-bond donors (Lipinski definition) is 0. The van der Waals surface area contributed by atoms with Gasteiger partial charge in [0.1, 0.15) is 35.4 Å². The highest BCUT2D eigenvalue weighted by molar-refractivity contribution is 7.98. The zero-order valence-corrected chi connectivity index (χ0v) is 91.1. The maximum absolute atomic E-state index is 14.1. The molecule has 19 aliphatic carbocycles. The van der Waals surface area contributed by atoms with E-state index in [1.807, 2.05) is 24.3 Å². The minimum Gasteiger partial charge on any atom is -0.743 e. The average molecular weight is 2300 g/mol. The van der Waals surface area contributed by atoms with E-state index in [2.05, 4.69) is 145 Å². The summed E-state index contributed by atoms with van der Waals surface area (Å²) in [6.45, 7) is 13.9. The van der Waals surface area contributed by atoms with E-state index in [1.165, 1.54) is 75.6 Å². The van der Waals surface area contributed by atoms with Crippen molar-refractivity contribution in [2.24, 2.45) is 122 Å². The fourth-order valence-electron chi connectivity index (χ4n) is 29.3. The van der Waals surface area contributed by atoms with Crippen molar-refractivity contribution in [1.29, 1.82) is 0 Å². The summed E-state index contributed by atoms with van der Waals surface area (Å²) in [4.78, 5) is 76.6. The number of halogens is 18. The number of Topliss-reactive ketones (excluding diaryl/α,β-unsaturated/α-hetero) is 1. The highest BCUT2D eigenvalue weighted by Crippen LogP contribution is 2.77. The maximum atomic E-state index is 14.1. The van der Waals surface area contributed by atoms with Crippen molar-refractivity contribution in [3.8, 4) is 5.75 Å². The molecule has 21 aliphatic rings. The van der Waals surface area contributed by atoms with Crippen LogP contribution < -0.4 is 25.9 Å². The molecule has 0 aromatic heterocycles. The van der Waals surface area contributed by atoms with Gasteiger partial charge in [-0.2, -0.15) is 52.7 Å². The highest BCUT2D eigenvalue weighted by Gasteiger charge is 2.75. The lowest BCUT2D eigenvalue weighted by atomic mass is 9.31. The largest absolute Gasteiger partial charge is 0.743 e. The first-order chi connectivity index (χ1) is 69.4. The Bertz CT molecular complexity index is 5150. The molecule has 0 spiro atoms. The SMILES string of the molecule is CC(C)(C)c1ccc([S+]2CCCC2)cc1.CC(F)(F)C(=O)OCC12CC3CC(CC(C3)C1)C2.CC(F)(F)C(F)COC(=O)C12CC3CC4C5CC(CC41)CC2C5C3.CC(F)(F)C(OC(=O)C12CC3CC(CC(C3)C1)C2)C(F)(F)F.CCOC(=O)C(OCCC(F)(F)C(F)(F)S(=O)(=O)[O-])(OC(=O)C12CC3CC(CC(C3)C1)C2)C(F)(F)F.COc1ccc(C(=O)C([S+]2CCOCC2)C(C)(C)C)cc1.c1ccc([I+]c2ccccc2)cc1. The topological polar surface area (TPSA) is 233 Å². The van der Waals surface area contributed by atoms with Crippen LogP contribution in [0, 0.1) is 129 Å². The number of methoxy groups -OCH3 is 1. The third-order valence-corrected chi connectivity index (χ3v) is 43.5. The van der Waals surface area contributed by atoms with Gasteiger partial charge in [0.05, 0.1) is 56.4 Å². The van der Waals surface area contributed by atoms with Gasteiger partial charge >= 0.3 is 86.3 Å². The fraction of sp³-hybridized carbons (Fsp3) is 0.730. The molecule has 21 fully saturated rings. The first-order valence-electron chi connectivity index (χ1n) is 52.6. The Morgan fingerprint density at radius 2 is 0.940 bits per heavy atom. The van der Waals surface area contributed by atoms with Gasteiger partial charge in [-0.25, -0.2) is 40.0 Å². The predicted molar refractivity (Wildman–Crippen MR) is 521 cm³/mol. The van der Waals surface area contributed by atoms with Crippen molar-refractivity contribution in [2.75, 3.05) is 69.8 Å². The lowest BCUT2D eigenvalue weighted by Crippen LogP contribution is -3.61. The Balaban J connectivity index is 0.000000140. The number of ether oxygens (including phenoxy) is 8. The van der Waals surface area contributed by atoms with E-state index in [0.29, 0.717) is 91.3 Å². The summed E-state index contributed by atoms with van der Waals surface area (Å²) in [6, 6.07) is 38.2. The molecule has 2 heterocycles. The molecule has 832 valence electrons. The number of rotatable bonds is 27. The maximum Gasteiger partial charge on any atom is 0.468 e. The number of carbonyl (C=O) groups is 6. The lowest BCUT2D eigenvalue weighted by molar-refractivity contribution is -0.597. The Morgan fingerprint density at radius 3 is 1.34 bits per heavy atom. The van der Waals surface area contributed by atoms with Gasteiger partial charge in [-0.1, -0.05) is 90.1 Å². The van der Waals surface area contributed by atoms with E-state index >= 15 is 0 Å². The third kappa shape index (κ3) is 27.3. The van der Waals surface area contributed by atoms with Crippen LogP contribution in [0.2, 0.25) is 0 Å². The molecule has 2 aliphatic heterocycles. The molecule has 19 saturated carbocycles. The van der Waals surface area contributed by atoms with E-state index in [9.17, 15) is 116 Å². The summed E-state index contributed by atoms with van der Waals surface area (Å²) >= 11 is 0.0287. The van der Waals surface area contributed by atoms with Gasteiger partial charge in [-0.05, 0) is 340 Å². The molecule has 2 saturated heterocycles. The van der Waals surface area contributed by atoms with Crippen molar-refractivity contribution in [1.82, 2.24) is 0 Å². The molecular formula is C111H144F17IO17S3+2. The molecule has 8 atom stereocenters. The number of carbonyl (C=O) groups excluding carboxylic acids is 6. The minimum atomic E-state index is -6.91. The molecule has 4 aromatic rings. The number of esters is 5. The van der Waals surface area contributed by atoms with Crippen LogP contribution in [0.15, 0.2) is 114 Å². The van der Waals surface area contributed by atoms with Crippen LogP contribution in [0.1, 0.15) is 259 Å². The summed E-state index contributed by atoms with van der Waals surface area (Å²) in [5, 5.41) is -6.13. The van der Waals surface area contributed by atoms with Crippen LogP contribution in [-0.2, 0) is 94.5 Å². The van der Waals surface area contributed by atoms with Crippen molar-refractivity contribution in [3.63, 3.8) is 0 Å². The van der Waals surface area contributed by atoms with Gasteiger partial charge in [-0.3, -0.25) is 19.2 Å². The number of benzene rings is 4. The summed E-state index contributed by atoms with van der Waals surface area (Å²) < 4.78 is 300. The molecule has 38 heteroatoms. The van der Waals surface area contributed by atoms with Crippen LogP contribution >= 0.6 is 0 Å². The summed E-state index contributed by atoms with van der Waals surface area (Å²) in [5.41, 5.74) is -0.293. The predicted octanol–water partition coefficient (Wildman–Crippen LogP) is 22.2. The number of alkyl halides is 17. The molecule has 0 amide bonds. The Morgan fingerprint density at radius 1 is 0.497 bits per heavy atom.